The van der Waals surface area contributed by atoms with Crippen molar-refractivity contribution in [1.82, 2.24) is 10.3 Å². The minimum absolute atomic E-state index is 0.0518. The van der Waals surface area contributed by atoms with Crippen molar-refractivity contribution in [3.05, 3.63) is 30.1 Å². The molecular formula is C12H19N3O. The zero-order valence-corrected chi connectivity index (χ0v) is 9.81. The van der Waals surface area contributed by atoms with Crippen molar-refractivity contribution < 1.29 is 4.79 Å². The first-order chi connectivity index (χ1) is 7.65. The highest BCUT2D eigenvalue weighted by Gasteiger charge is 2.15. The molecule has 1 heterocycles. The van der Waals surface area contributed by atoms with Crippen molar-refractivity contribution in [1.29, 1.82) is 0 Å². The summed E-state index contributed by atoms with van der Waals surface area (Å²) < 4.78 is 0. The molecule has 88 valence electrons. The standard InChI is InChI=1S/C12H19N3O/c1-3-5-11(13)12(16)15-9(2)10-6-4-7-14-8-10/h4,6-9,11H,3,5,13H2,1-2H3,(H,15,16)/t9-,11-/m1/s1. The molecule has 0 saturated carbocycles. The number of carbonyl (C=O) groups is 1. The van der Waals surface area contributed by atoms with Gasteiger partial charge in [-0.2, -0.15) is 0 Å². The van der Waals surface area contributed by atoms with Gasteiger partial charge in [-0.05, 0) is 25.0 Å². The lowest BCUT2D eigenvalue weighted by Crippen LogP contribution is -2.41. The van der Waals surface area contributed by atoms with E-state index in [1.54, 1.807) is 12.4 Å². The number of hydrogen-bond acceptors (Lipinski definition) is 3. The molecule has 0 saturated heterocycles. The van der Waals surface area contributed by atoms with Gasteiger partial charge in [0.2, 0.25) is 5.91 Å². The van der Waals surface area contributed by atoms with Crippen LogP contribution in [0.2, 0.25) is 0 Å². The van der Waals surface area contributed by atoms with E-state index in [9.17, 15) is 4.79 Å². The van der Waals surface area contributed by atoms with Crippen molar-refractivity contribution in [2.75, 3.05) is 0 Å². The Bertz CT molecular complexity index is 326. The summed E-state index contributed by atoms with van der Waals surface area (Å²) in [5, 5.41) is 2.88. The molecule has 1 aromatic heterocycles. The average molecular weight is 221 g/mol. The summed E-state index contributed by atoms with van der Waals surface area (Å²) in [6.45, 7) is 3.94. The quantitative estimate of drug-likeness (QED) is 0.789. The molecular weight excluding hydrogens is 202 g/mol. The van der Waals surface area contributed by atoms with Gasteiger partial charge < -0.3 is 11.1 Å². The van der Waals surface area contributed by atoms with Crippen LogP contribution in [0.4, 0.5) is 0 Å². The highest BCUT2D eigenvalue weighted by Crippen LogP contribution is 2.10. The molecule has 0 spiro atoms. The van der Waals surface area contributed by atoms with Crippen LogP contribution >= 0.6 is 0 Å². The van der Waals surface area contributed by atoms with Gasteiger partial charge >= 0.3 is 0 Å². The van der Waals surface area contributed by atoms with Gasteiger partial charge in [0.15, 0.2) is 0 Å². The molecule has 1 aromatic rings. The van der Waals surface area contributed by atoms with Crippen molar-refractivity contribution in [2.45, 2.75) is 38.8 Å². The maximum atomic E-state index is 11.7. The molecule has 16 heavy (non-hydrogen) atoms. The summed E-state index contributed by atoms with van der Waals surface area (Å²) >= 11 is 0. The lowest BCUT2D eigenvalue weighted by molar-refractivity contribution is -0.123. The Morgan fingerprint density at radius 2 is 2.38 bits per heavy atom. The van der Waals surface area contributed by atoms with Crippen molar-refractivity contribution >= 4 is 5.91 Å². The van der Waals surface area contributed by atoms with Crippen molar-refractivity contribution in [3.63, 3.8) is 0 Å². The van der Waals surface area contributed by atoms with E-state index in [0.29, 0.717) is 6.42 Å². The Morgan fingerprint density at radius 1 is 1.62 bits per heavy atom. The number of nitrogens with one attached hydrogen (secondary N) is 1. The molecule has 4 heteroatoms. The molecule has 0 aliphatic carbocycles. The van der Waals surface area contributed by atoms with E-state index in [0.717, 1.165) is 12.0 Å². The van der Waals surface area contributed by atoms with E-state index in [4.69, 9.17) is 5.73 Å². The van der Waals surface area contributed by atoms with Crippen LogP contribution in [0.1, 0.15) is 38.3 Å². The largest absolute Gasteiger partial charge is 0.348 e. The smallest absolute Gasteiger partial charge is 0.237 e. The zero-order valence-electron chi connectivity index (χ0n) is 9.81. The summed E-state index contributed by atoms with van der Waals surface area (Å²) in [6, 6.07) is 3.32. The van der Waals surface area contributed by atoms with Gasteiger partial charge in [0.25, 0.3) is 0 Å². The van der Waals surface area contributed by atoms with Crippen molar-refractivity contribution in [3.8, 4) is 0 Å². The summed E-state index contributed by atoms with van der Waals surface area (Å²) in [5.74, 6) is -0.0989. The van der Waals surface area contributed by atoms with Gasteiger partial charge in [0.1, 0.15) is 0 Å². The molecule has 0 bridgehead atoms. The van der Waals surface area contributed by atoms with Gasteiger partial charge in [-0.3, -0.25) is 9.78 Å². The fraction of sp³-hybridized carbons (Fsp3) is 0.500. The molecule has 0 aliphatic heterocycles. The minimum atomic E-state index is -0.413. The highest BCUT2D eigenvalue weighted by molar-refractivity contribution is 5.81. The molecule has 3 N–H and O–H groups in total. The van der Waals surface area contributed by atoms with Crippen LogP contribution in [0, 0.1) is 0 Å². The summed E-state index contributed by atoms with van der Waals surface area (Å²) in [6.07, 6.45) is 5.08. The van der Waals surface area contributed by atoms with Crippen LogP contribution in [0.15, 0.2) is 24.5 Å². The lowest BCUT2D eigenvalue weighted by Gasteiger charge is -2.17. The van der Waals surface area contributed by atoms with Crippen LogP contribution in [-0.4, -0.2) is 16.9 Å². The summed E-state index contributed by atoms with van der Waals surface area (Å²) in [7, 11) is 0. The van der Waals surface area contributed by atoms with E-state index in [-0.39, 0.29) is 11.9 Å². The molecule has 0 aliphatic rings. The van der Waals surface area contributed by atoms with E-state index in [2.05, 4.69) is 10.3 Å². The molecule has 0 unspecified atom stereocenters. The third-order valence-corrected chi connectivity index (χ3v) is 2.48. The Kier molecular flexibility index (Phi) is 4.92. The maximum Gasteiger partial charge on any atom is 0.237 e. The number of rotatable bonds is 5. The van der Waals surface area contributed by atoms with Crippen LogP contribution in [0.25, 0.3) is 0 Å². The van der Waals surface area contributed by atoms with Gasteiger partial charge in [0.05, 0.1) is 12.1 Å². The molecule has 1 rings (SSSR count). The van der Waals surface area contributed by atoms with Crippen LogP contribution in [-0.2, 0) is 4.79 Å². The number of hydrogen-bond donors (Lipinski definition) is 2. The third kappa shape index (κ3) is 3.62. The minimum Gasteiger partial charge on any atom is -0.348 e. The van der Waals surface area contributed by atoms with Crippen LogP contribution in [0.5, 0.6) is 0 Å². The predicted molar refractivity (Wildman–Crippen MR) is 63.7 cm³/mol. The average Bonchev–Trinajstić information content (AvgIpc) is 2.30. The first-order valence-electron chi connectivity index (χ1n) is 5.61. The van der Waals surface area contributed by atoms with Gasteiger partial charge in [-0.15, -0.1) is 0 Å². The number of nitrogens with two attached hydrogens (primary N) is 1. The molecule has 0 fully saturated rings. The number of carbonyl (C=O) groups excluding carboxylic acids is 1. The van der Waals surface area contributed by atoms with Gasteiger partial charge in [-0.25, -0.2) is 0 Å². The number of amides is 1. The van der Waals surface area contributed by atoms with Gasteiger partial charge in [-0.1, -0.05) is 19.4 Å². The molecule has 2 atom stereocenters. The number of pyridine rings is 1. The second-order valence-corrected chi connectivity index (χ2v) is 3.91. The van der Waals surface area contributed by atoms with E-state index in [1.165, 1.54) is 0 Å². The normalized spacial score (nSPS) is 14.2. The fourth-order valence-electron chi connectivity index (χ4n) is 1.48. The predicted octanol–water partition coefficient (Wildman–Crippen LogP) is 1.39. The van der Waals surface area contributed by atoms with E-state index >= 15 is 0 Å². The molecule has 1 amide bonds. The number of nitrogens with zero attached hydrogens (tertiary/aromatic N) is 1. The van der Waals surface area contributed by atoms with Crippen LogP contribution in [0.3, 0.4) is 0 Å². The number of aromatic nitrogens is 1. The Morgan fingerprint density at radius 3 is 2.94 bits per heavy atom. The molecule has 4 nitrogen and oxygen atoms in total. The SMILES string of the molecule is CCC[C@@H](N)C(=O)N[C@H](C)c1cccnc1. The molecule has 0 aromatic carbocycles. The van der Waals surface area contributed by atoms with Crippen LogP contribution < -0.4 is 11.1 Å². The maximum absolute atomic E-state index is 11.7. The van der Waals surface area contributed by atoms with Crippen molar-refractivity contribution in [2.24, 2.45) is 5.73 Å². The monoisotopic (exact) mass is 221 g/mol. The summed E-state index contributed by atoms with van der Waals surface area (Å²) in [5.41, 5.74) is 6.71. The Hall–Kier alpha value is -1.42. The Labute approximate surface area is 96.3 Å². The van der Waals surface area contributed by atoms with Gasteiger partial charge in [0, 0.05) is 12.4 Å². The van der Waals surface area contributed by atoms with E-state index in [1.807, 2.05) is 26.0 Å². The first kappa shape index (κ1) is 12.6. The lowest BCUT2D eigenvalue weighted by atomic mass is 10.1. The molecule has 0 radical (unpaired) electrons. The second-order valence-electron chi connectivity index (χ2n) is 3.91. The third-order valence-electron chi connectivity index (χ3n) is 2.48. The van der Waals surface area contributed by atoms with E-state index < -0.39 is 6.04 Å². The highest BCUT2D eigenvalue weighted by atomic mass is 16.2. The second kappa shape index (κ2) is 6.23. The first-order valence-corrected chi connectivity index (χ1v) is 5.61. The Balaban J connectivity index is 2.51. The topological polar surface area (TPSA) is 68.0 Å². The zero-order chi connectivity index (χ0) is 12.0. The summed E-state index contributed by atoms with van der Waals surface area (Å²) in [4.78, 5) is 15.7. The fourth-order valence-corrected chi connectivity index (χ4v) is 1.48.